The van der Waals surface area contributed by atoms with E-state index >= 15 is 0 Å². The first kappa shape index (κ1) is 18.6. The van der Waals surface area contributed by atoms with Crippen molar-refractivity contribution in [1.82, 2.24) is 10.2 Å². The summed E-state index contributed by atoms with van der Waals surface area (Å²) in [5.41, 5.74) is 2.68. The molecule has 2 aromatic carbocycles. The van der Waals surface area contributed by atoms with Gasteiger partial charge in [0.15, 0.2) is 0 Å². The van der Waals surface area contributed by atoms with Crippen molar-refractivity contribution in [3.8, 4) is 0 Å². The maximum Gasteiger partial charge on any atom is 0.246 e. The first-order valence-electron chi connectivity index (χ1n) is 9.77. The van der Waals surface area contributed by atoms with Crippen molar-refractivity contribution < 1.29 is 14.0 Å². The predicted molar refractivity (Wildman–Crippen MR) is 105 cm³/mol. The van der Waals surface area contributed by atoms with Gasteiger partial charge in [0.25, 0.3) is 0 Å². The van der Waals surface area contributed by atoms with Crippen LogP contribution < -0.4 is 10.2 Å². The average molecular weight is 381 g/mol. The molecule has 2 aliphatic rings. The molecule has 0 radical (unpaired) electrons. The molecule has 146 valence electrons. The summed E-state index contributed by atoms with van der Waals surface area (Å²) in [4.78, 5) is 29.0. The number of carbonyl (C=O) groups excluding carboxylic acids is 2. The van der Waals surface area contributed by atoms with Crippen LogP contribution in [0.5, 0.6) is 0 Å². The zero-order valence-electron chi connectivity index (χ0n) is 15.7. The van der Waals surface area contributed by atoms with Gasteiger partial charge in [-0.25, -0.2) is 4.39 Å². The fourth-order valence-electron chi connectivity index (χ4n) is 4.13. The molecule has 2 heterocycles. The van der Waals surface area contributed by atoms with Crippen molar-refractivity contribution in [2.24, 2.45) is 0 Å². The second kappa shape index (κ2) is 8.10. The molecule has 0 saturated carbocycles. The molecule has 1 unspecified atom stereocenters. The van der Waals surface area contributed by atoms with Gasteiger partial charge >= 0.3 is 0 Å². The fraction of sp³-hybridized carbons (Fsp3) is 0.364. The van der Waals surface area contributed by atoms with E-state index in [0.29, 0.717) is 18.7 Å². The van der Waals surface area contributed by atoms with Gasteiger partial charge in [0.05, 0.1) is 12.6 Å². The Morgan fingerprint density at radius 2 is 1.86 bits per heavy atom. The van der Waals surface area contributed by atoms with Gasteiger partial charge in [-0.3, -0.25) is 14.5 Å². The number of rotatable bonds is 5. The number of hydrogen-bond acceptors (Lipinski definition) is 3. The number of likely N-dealkylation sites (tertiary alicyclic amines) is 1. The van der Waals surface area contributed by atoms with E-state index in [9.17, 15) is 14.0 Å². The van der Waals surface area contributed by atoms with Crippen LogP contribution in [0.1, 0.15) is 24.0 Å². The van der Waals surface area contributed by atoms with Gasteiger partial charge in [0.1, 0.15) is 5.82 Å². The van der Waals surface area contributed by atoms with Crippen molar-refractivity contribution in [2.75, 3.05) is 24.5 Å². The van der Waals surface area contributed by atoms with E-state index in [4.69, 9.17) is 0 Å². The molecule has 2 aliphatic heterocycles. The van der Waals surface area contributed by atoms with Crippen LogP contribution in [-0.2, 0) is 22.6 Å². The number of anilines is 1. The van der Waals surface area contributed by atoms with Gasteiger partial charge in [-0.15, -0.1) is 0 Å². The van der Waals surface area contributed by atoms with Gasteiger partial charge in [-0.2, -0.15) is 0 Å². The molecule has 0 aliphatic carbocycles. The van der Waals surface area contributed by atoms with E-state index in [0.717, 1.165) is 37.1 Å². The van der Waals surface area contributed by atoms with Crippen LogP contribution in [-0.4, -0.2) is 42.4 Å². The topological polar surface area (TPSA) is 52.7 Å². The van der Waals surface area contributed by atoms with Crippen molar-refractivity contribution in [1.29, 1.82) is 0 Å². The van der Waals surface area contributed by atoms with Crippen LogP contribution in [0.25, 0.3) is 0 Å². The van der Waals surface area contributed by atoms with E-state index in [1.807, 2.05) is 29.2 Å². The lowest BCUT2D eigenvalue weighted by Crippen LogP contribution is -2.47. The van der Waals surface area contributed by atoms with Crippen LogP contribution in [0.2, 0.25) is 0 Å². The Kier molecular flexibility index (Phi) is 5.39. The third-order valence-electron chi connectivity index (χ3n) is 5.60. The lowest BCUT2D eigenvalue weighted by Gasteiger charge is -2.24. The first-order chi connectivity index (χ1) is 13.6. The molecule has 5 nitrogen and oxygen atoms in total. The fourth-order valence-corrected chi connectivity index (χ4v) is 4.13. The van der Waals surface area contributed by atoms with Crippen molar-refractivity contribution in [2.45, 2.75) is 31.8 Å². The maximum absolute atomic E-state index is 13.9. The monoisotopic (exact) mass is 381 g/mol. The van der Waals surface area contributed by atoms with E-state index < -0.39 is 0 Å². The summed E-state index contributed by atoms with van der Waals surface area (Å²) in [6.45, 7) is 1.78. The number of hydrogen-bond donors (Lipinski definition) is 1. The van der Waals surface area contributed by atoms with Gasteiger partial charge in [-0.05, 0) is 43.5 Å². The summed E-state index contributed by atoms with van der Waals surface area (Å²) in [6.07, 6.45) is 2.45. The number of fused-ring (bicyclic) bond motifs is 1. The van der Waals surface area contributed by atoms with E-state index in [2.05, 4.69) is 5.32 Å². The zero-order chi connectivity index (χ0) is 19.5. The molecular formula is C22H24FN3O2. The predicted octanol–water partition coefficient (Wildman–Crippen LogP) is 2.50. The molecule has 0 aromatic heterocycles. The summed E-state index contributed by atoms with van der Waals surface area (Å²) in [6, 6.07) is 14.2. The van der Waals surface area contributed by atoms with Crippen LogP contribution in [0.3, 0.4) is 0 Å². The molecular weight excluding hydrogens is 357 g/mol. The molecule has 28 heavy (non-hydrogen) atoms. The minimum atomic E-state index is -0.321. The second-order valence-corrected chi connectivity index (χ2v) is 7.36. The normalized spacial score (nSPS) is 18.9. The Balaban J connectivity index is 1.34. The molecule has 1 saturated heterocycles. The summed E-state index contributed by atoms with van der Waals surface area (Å²) >= 11 is 0. The van der Waals surface area contributed by atoms with Crippen molar-refractivity contribution in [3.63, 3.8) is 0 Å². The van der Waals surface area contributed by atoms with E-state index in [-0.39, 0.29) is 30.2 Å². The minimum absolute atomic E-state index is 0.0167. The summed E-state index contributed by atoms with van der Waals surface area (Å²) in [5.74, 6) is -0.511. The molecule has 6 heteroatoms. The number of halogens is 1. The quantitative estimate of drug-likeness (QED) is 0.866. The molecule has 1 fully saturated rings. The lowest BCUT2D eigenvalue weighted by atomic mass is 10.1. The highest BCUT2D eigenvalue weighted by atomic mass is 19.1. The molecule has 4 rings (SSSR count). The van der Waals surface area contributed by atoms with Crippen LogP contribution in [0, 0.1) is 5.82 Å². The van der Waals surface area contributed by atoms with Crippen LogP contribution >= 0.6 is 0 Å². The average Bonchev–Trinajstić information content (AvgIpc) is 3.34. The molecule has 0 bridgehead atoms. The summed E-state index contributed by atoms with van der Waals surface area (Å²) in [7, 11) is 0. The van der Waals surface area contributed by atoms with Crippen LogP contribution in [0.4, 0.5) is 10.1 Å². The van der Waals surface area contributed by atoms with Crippen LogP contribution in [0.15, 0.2) is 48.5 Å². The Morgan fingerprint density at radius 1 is 1.07 bits per heavy atom. The third kappa shape index (κ3) is 3.78. The standard InChI is InChI=1S/C22H24FN3O2/c23-18-8-3-1-7-17(18)15-25-12-5-10-20(25)22(28)24-14-21(27)26-13-11-16-6-2-4-9-19(16)26/h1-4,6-9,20H,5,10-15H2,(H,24,28). The smallest absolute Gasteiger partial charge is 0.246 e. The summed E-state index contributed by atoms with van der Waals surface area (Å²) in [5, 5.41) is 2.80. The zero-order valence-corrected chi connectivity index (χ0v) is 15.7. The largest absolute Gasteiger partial charge is 0.346 e. The number of carbonyl (C=O) groups is 2. The van der Waals surface area contributed by atoms with E-state index in [1.165, 1.54) is 6.07 Å². The second-order valence-electron chi connectivity index (χ2n) is 7.36. The van der Waals surface area contributed by atoms with E-state index in [1.54, 1.807) is 23.1 Å². The SMILES string of the molecule is O=C(NCC(=O)N1CCc2ccccc21)C1CCCN1Cc1ccccc1F. The van der Waals surface area contributed by atoms with Crippen molar-refractivity contribution >= 4 is 17.5 Å². The Hall–Kier alpha value is -2.73. The number of amides is 2. The molecule has 0 spiro atoms. The summed E-state index contributed by atoms with van der Waals surface area (Å²) < 4.78 is 13.9. The minimum Gasteiger partial charge on any atom is -0.346 e. The van der Waals surface area contributed by atoms with Gasteiger partial charge < -0.3 is 10.2 Å². The number of para-hydroxylation sites is 1. The third-order valence-corrected chi connectivity index (χ3v) is 5.60. The molecule has 2 amide bonds. The number of benzene rings is 2. The maximum atomic E-state index is 13.9. The first-order valence-corrected chi connectivity index (χ1v) is 9.77. The van der Waals surface area contributed by atoms with Gasteiger partial charge in [0.2, 0.25) is 11.8 Å². The highest BCUT2D eigenvalue weighted by Gasteiger charge is 2.32. The highest BCUT2D eigenvalue weighted by Crippen LogP contribution is 2.27. The number of nitrogens with one attached hydrogen (secondary N) is 1. The lowest BCUT2D eigenvalue weighted by molar-refractivity contribution is -0.128. The highest BCUT2D eigenvalue weighted by molar-refractivity contribution is 5.98. The Labute approximate surface area is 164 Å². The molecule has 1 N–H and O–H groups in total. The molecule has 1 atom stereocenters. The van der Waals surface area contributed by atoms with Gasteiger partial charge in [0, 0.05) is 24.3 Å². The Bertz CT molecular complexity index is 886. The van der Waals surface area contributed by atoms with Crippen molar-refractivity contribution in [3.05, 3.63) is 65.5 Å². The Morgan fingerprint density at radius 3 is 2.71 bits per heavy atom. The molecule has 2 aromatic rings. The van der Waals surface area contributed by atoms with Gasteiger partial charge in [-0.1, -0.05) is 36.4 Å². The number of nitrogens with zero attached hydrogens (tertiary/aromatic N) is 2.